The average Bonchev–Trinajstić information content (AvgIpc) is 3.08. The van der Waals surface area contributed by atoms with E-state index in [2.05, 4.69) is 0 Å². The van der Waals surface area contributed by atoms with E-state index in [-0.39, 0.29) is 97.6 Å². The minimum atomic E-state index is -0.775. The lowest BCUT2D eigenvalue weighted by atomic mass is 9.80. The number of aromatic hydroxyl groups is 2. The molecule has 200 valence electrons. The number of carbonyl (C=O) groups excluding carboxylic acids is 4. The summed E-state index contributed by atoms with van der Waals surface area (Å²) in [5, 5.41) is 42.0. The van der Waals surface area contributed by atoms with E-state index in [4.69, 9.17) is 0 Å². The molecule has 12 nitrogen and oxygen atoms in total. The van der Waals surface area contributed by atoms with Crippen molar-refractivity contribution >= 4 is 34.8 Å². The Labute approximate surface area is 218 Å². The van der Waals surface area contributed by atoms with Crippen molar-refractivity contribution in [1.29, 1.82) is 0 Å². The molecule has 2 aromatic carbocycles. The van der Waals surface area contributed by atoms with Crippen molar-refractivity contribution in [3.05, 3.63) is 46.5 Å². The topological polar surface area (TPSA) is 156 Å². The van der Waals surface area contributed by atoms with Gasteiger partial charge >= 0.3 is 0 Å². The third-order valence-electron chi connectivity index (χ3n) is 7.64. The summed E-state index contributed by atoms with van der Waals surface area (Å²) in [4.78, 5) is 56.8. The molecule has 2 heterocycles. The molecule has 2 fully saturated rings. The third-order valence-corrected chi connectivity index (χ3v) is 7.64. The molecular weight excluding hydrogens is 496 g/mol. The normalized spacial score (nSPS) is 26.1. The summed E-state index contributed by atoms with van der Waals surface area (Å²) in [5.41, 5.74) is -0.858. The highest BCUT2D eigenvalue weighted by Crippen LogP contribution is 2.44. The van der Waals surface area contributed by atoms with Crippen LogP contribution in [0, 0.1) is 0 Å². The number of ketones is 2. The molecule has 12 heteroatoms. The number of hydroxylamine groups is 6. The SMILES string of the molecule is C[N+]1(O)CCC(=O)N(c2ccc(N3CC[N+](C)(O)CCC3=O)c3c2C(=O)c2c(O)ccc(O)c2C3=O)CC1. The van der Waals surface area contributed by atoms with Crippen molar-refractivity contribution in [2.75, 3.05) is 63.2 Å². The highest BCUT2D eigenvalue weighted by atomic mass is 16.5. The second-order valence-electron chi connectivity index (χ2n) is 10.5. The number of phenolic OH excluding ortho intramolecular Hbond substituents is 2. The van der Waals surface area contributed by atoms with Crippen LogP contribution in [0.2, 0.25) is 0 Å². The van der Waals surface area contributed by atoms with Crippen LogP contribution >= 0.6 is 0 Å². The number of hydrogen-bond donors (Lipinski definition) is 4. The zero-order valence-corrected chi connectivity index (χ0v) is 21.2. The van der Waals surface area contributed by atoms with Crippen molar-refractivity contribution in [2.45, 2.75) is 12.8 Å². The van der Waals surface area contributed by atoms with Gasteiger partial charge in [-0.3, -0.25) is 19.2 Å². The number of likely N-dealkylation sites (N-methyl/N-ethyl adjacent to an activating group) is 2. The monoisotopic (exact) mass is 526 g/mol. The predicted octanol–water partition coefficient (Wildman–Crippen LogP) is 1.02. The number of phenols is 2. The van der Waals surface area contributed by atoms with Crippen molar-refractivity contribution in [2.24, 2.45) is 0 Å². The van der Waals surface area contributed by atoms with Gasteiger partial charge in [-0.05, 0) is 24.3 Å². The highest BCUT2D eigenvalue weighted by molar-refractivity contribution is 6.34. The summed E-state index contributed by atoms with van der Waals surface area (Å²) >= 11 is 0. The fraction of sp³-hybridized carbons (Fsp3) is 0.385. The van der Waals surface area contributed by atoms with Gasteiger partial charge in [-0.25, -0.2) is 10.4 Å². The molecule has 0 bridgehead atoms. The summed E-state index contributed by atoms with van der Waals surface area (Å²) in [6.07, 6.45) is -0.0161. The minimum Gasteiger partial charge on any atom is -0.507 e. The second kappa shape index (κ2) is 8.88. The number of nitrogens with zero attached hydrogens (tertiary/aromatic N) is 4. The predicted molar refractivity (Wildman–Crippen MR) is 132 cm³/mol. The molecule has 2 atom stereocenters. The molecule has 3 aliphatic rings. The molecule has 38 heavy (non-hydrogen) atoms. The number of carbonyl (C=O) groups is 4. The van der Waals surface area contributed by atoms with E-state index in [1.807, 2.05) is 0 Å². The van der Waals surface area contributed by atoms with Crippen molar-refractivity contribution in [3.8, 4) is 11.5 Å². The summed E-state index contributed by atoms with van der Waals surface area (Å²) in [6, 6.07) is 5.19. The number of benzene rings is 2. The van der Waals surface area contributed by atoms with Gasteiger partial charge in [-0.2, -0.15) is 9.29 Å². The summed E-state index contributed by atoms with van der Waals surface area (Å²) in [6.45, 7) is 0.790. The fourth-order valence-electron chi connectivity index (χ4n) is 5.34. The molecule has 2 unspecified atom stereocenters. The van der Waals surface area contributed by atoms with Crippen LogP contribution in [-0.2, 0) is 9.59 Å². The molecule has 0 aromatic heterocycles. The number of hydrogen-bond acceptors (Lipinski definition) is 8. The van der Waals surface area contributed by atoms with Gasteiger partial charge in [0.1, 0.15) is 37.7 Å². The Morgan fingerprint density at radius 1 is 0.605 bits per heavy atom. The lowest BCUT2D eigenvalue weighted by Crippen LogP contribution is -2.44. The lowest BCUT2D eigenvalue weighted by molar-refractivity contribution is -1.09. The number of amides is 2. The lowest BCUT2D eigenvalue weighted by Gasteiger charge is -2.31. The zero-order valence-electron chi connectivity index (χ0n) is 21.2. The van der Waals surface area contributed by atoms with Gasteiger partial charge in [0.2, 0.25) is 23.4 Å². The first-order valence-electron chi connectivity index (χ1n) is 12.4. The molecule has 4 N–H and O–H groups in total. The molecular formula is C26H30N4O8+2. The van der Waals surface area contributed by atoms with Crippen molar-refractivity contribution in [3.63, 3.8) is 0 Å². The highest BCUT2D eigenvalue weighted by Gasteiger charge is 2.42. The van der Waals surface area contributed by atoms with Crippen molar-refractivity contribution < 1.29 is 49.1 Å². The molecule has 2 amide bonds. The fourth-order valence-corrected chi connectivity index (χ4v) is 5.34. The van der Waals surface area contributed by atoms with Crippen LogP contribution in [0.15, 0.2) is 24.3 Å². The maximum atomic E-state index is 13.9. The van der Waals surface area contributed by atoms with Crippen LogP contribution in [0.3, 0.4) is 0 Å². The van der Waals surface area contributed by atoms with Crippen LogP contribution in [0.4, 0.5) is 11.4 Å². The Bertz CT molecular complexity index is 1300. The first-order valence-corrected chi connectivity index (χ1v) is 12.4. The standard InChI is InChI=1S/C26H28N4O8/c1-29(37)11-7-19(33)27(9-13-29)15-3-4-16(28-10-14-30(2,38)12-8-20(28)34)22-21(15)25(35)23-17(31)5-6-18(32)24(23)26(22)36/h3-6,37-38H,7-14H2,1-2H3/p+2. The summed E-state index contributed by atoms with van der Waals surface area (Å²) in [7, 11) is 3.14. The van der Waals surface area contributed by atoms with E-state index >= 15 is 0 Å². The molecule has 5 rings (SSSR count). The molecule has 2 aliphatic heterocycles. The van der Waals surface area contributed by atoms with E-state index in [1.165, 1.54) is 21.9 Å². The Morgan fingerprint density at radius 2 is 0.974 bits per heavy atom. The summed E-state index contributed by atoms with van der Waals surface area (Å²) < 4.78 is -0.791. The second-order valence-corrected chi connectivity index (χ2v) is 10.5. The quantitative estimate of drug-likeness (QED) is 0.285. The largest absolute Gasteiger partial charge is 0.507 e. The third kappa shape index (κ3) is 4.21. The van der Waals surface area contributed by atoms with Crippen LogP contribution in [0.5, 0.6) is 11.5 Å². The Morgan fingerprint density at radius 3 is 1.34 bits per heavy atom. The van der Waals surface area contributed by atoms with E-state index in [9.17, 15) is 39.8 Å². The average molecular weight is 527 g/mol. The van der Waals surface area contributed by atoms with Crippen molar-refractivity contribution in [1.82, 2.24) is 0 Å². The van der Waals surface area contributed by atoms with Crippen LogP contribution < -0.4 is 9.80 Å². The van der Waals surface area contributed by atoms with Gasteiger partial charge in [0.15, 0.2) is 0 Å². The van der Waals surface area contributed by atoms with Gasteiger partial charge in [0.25, 0.3) is 0 Å². The number of fused-ring (bicyclic) bond motifs is 2. The van der Waals surface area contributed by atoms with Gasteiger partial charge in [0.05, 0.1) is 73.7 Å². The van der Waals surface area contributed by atoms with Gasteiger partial charge in [-0.15, -0.1) is 0 Å². The smallest absolute Gasteiger partial charge is 0.233 e. The van der Waals surface area contributed by atoms with E-state index in [1.54, 1.807) is 14.1 Å². The Balaban J connectivity index is 1.74. The van der Waals surface area contributed by atoms with E-state index in [0.29, 0.717) is 0 Å². The van der Waals surface area contributed by atoms with Crippen LogP contribution in [-0.4, -0.2) is 107 Å². The molecule has 0 spiro atoms. The maximum absolute atomic E-state index is 13.9. The number of rotatable bonds is 2. The Kier molecular flexibility index (Phi) is 6.03. The Hall–Kier alpha value is -3.84. The summed E-state index contributed by atoms with van der Waals surface area (Å²) in [5.74, 6) is -3.27. The first-order chi connectivity index (χ1) is 17.8. The van der Waals surface area contributed by atoms with Crippen LogP contribution in [0.25, 0.3) is 0 Å². The molecule has 1 aliphatic carbocycles. The number of anilines is 2. The first kappa shape index (κ1) is 25.8. The minimum absolute atomic E-state index is 0.00804. The van der Waals surface area contributed by atoms with Gasteiger partial charge < -0.3 is 20.0 Å². The van der Waals surface area contributed by atoms with E-state index < -0.39 is 32.4 Å². The molecule has 2 saturated heterocycles. The molecule has 2 aromatic rings. The van der Waals surface area contributed by atoms with E-state index in [0.717, 1.165) is 12.1 Å². The zero-order chi connectivity index (χ0) is 27.6. The van der Waals surface area contributed by atoms with Gasteiger partial charge in [0, 0.05) is 0 Å². The maximum Gasteiger partial charge on any atom is 0.233 e. The number of quaternary nitrogens is 2. The van der Waals surface area contributed by atoms with Gasteiger partial charge in [-0.1, -0.05) is 0 Å². The molecule has 0 saturated carbocycles. The molecule has 0 radical (unpaired) electrons. The van der Waals surface area contributed by atoms with Crippen LogP contribution in [0.1, 0.15) is 44.7 Å².